The average Bonchev–Trinajstić information content (AvgIpc) is 2.69. The van der Waals surface area contributed by atoms with E-state index in [1.807, 2.05) is 30.3 Å². The molecule has 0 aliphatic carbocycles. The van der Waals surface area contributed by atoms with Gasteiger partial charge < -0.3 is 21.2 Å². The number of ketones is 2. The van der Waals surface area contributed by atoms with Crippen LogP contribution in [0.25, 0.3) is 0 Å². The molecule has 29 heavy (non-hydrogen) atoms. The minimum Gasteiger partial charge on any atom is -0.345 e. The number of amides is 2. The monoisotopic (exact) mass is 425 g/mol. The number of hydrogen-bond donors (Lipinski definition) is 3. The number of carbonyl (C=O) groups is 4. The van der Waals surface area contributed by atoms with Gasteiger partial charge in [-0.3, -0.25) is 14.4 Å². The van der Waals surface area contributed by atoms with E-state index in [1.165, 1.54) is 6.92 Å². The van der Waals surface area contributed by atoms with Crippen molar-refractivity contribution in [1.29, 1.82) is 0 Å². The molecule has 1 rings (SSSR count). The Balaban J connectivity index is 0.00000784. The zero-order valence-electron chi connectivity index (χ0n) is 17.1. The molecular weight excluding hydrogens is 394 g/mol. The van der Waals surface area contributed by atoms with Gasteiger partial charge in [0.05, 0.1) is 6.04 Å². The zero-order chi connectivity index (χ0) is 20.9. The first kappa shape index (κ1) is 26.8. The van der Waals surface area contributed by atoms with Crippen molar-refractivity contribution in [1.82, 2.24) is 10.6 Å². The van der Waals surface area contributed by atoms with E-state index in [0.29, 0.717) is 38.6 Å². The predicted molar refractivity (Wildman–Crippen MR) is 114 cm³/mol. The van der Waals surface area contributed by atoms with Crippen molar-refractivity contribution >= 4 is 35.8 Å². The molecule has 0 bridgehead atoms. The normalized spacial score (nSPS) is 12.2. The van der Waals surface area contributed by atoms with Gasteiger partial charge in [0.25, 0.3) is 5.91 Å². The van der Waals surface area contributed by atoms with Crippen LogP contribution in [0.2, 0.25) is 0 Å². The molecule has 2 atom stereocenters. The van der Waals surface area contributed by atoms with E-state index in [2.05, 4.69) is 10.6 Å². The maximum atomic E-state index is 12.6. The summed E-state index contributed by atoms with van der Waals surface area (Å²) in [6.45, 7) is 3.89. The molecule has 0 aliphatic rings. The van der Waals surface area contributed by atoms with Crippen LogP contribution in [-0.2, 0) is 25.7 Å². The minimum absolute atomic E-state index is 0. The van der Waals surface area contributed by atoms with Crippen molar-refractivity contribution in [2.45, 2.75) is 58.5 Å². The Hall–Kier alpha value is -2.25. The number of rotatable bonds is 13. The van der Waals surface area contributed by atoms with E-state index in [9.17, 15) is 19.2 Å². The molecule has 0 aromatic heterocycles. The highest BCUT2D eigenvalue weighted by Gasteiger charge is 2.27. The summed E-state index contributed by atoms with van der Waals surface area (Å²) in [6.07, 6.45) is 2.38. The molecule has 0 unspecified atom stereocenters. The summed E-state index contributed by atoms with van der Waals surface area (Å²) >= 11 is 0. The van der Waals surface area contributed by atoms with Crippen LogP contribution in [0, 0.1) is 5.92 Å². The summed E-state index contributed by atoms with van der Waals surface area (Å²) in [5.74, 6) is -2.13. The maximum Gasteiger partial charge on any atom is 0.289 e. The van der Waals surface area contributed by atoms with Crippen LogP contribution in [0.3, 0.4) is 0 Å². The van der Waals surface area contributed by atoms with E-state index in [0.717, 1.165) is 5.56 Å². The summed E-state index contributed by atoms with van der Waals surface area (Å²) in [5.41, 5.74) is 6.38. The van der Waals surface area contributed by atoms with E-state index in [-0.39, 0.29) is 30.6 Å². The van der Waals surface area contributed by atoms with E-state index in [1.54, 1.807) is 6.92 Å². The van der Waals surface area contributed by atoms with Gasteiger partial charge in [0.15, 0.2) is 0 Å². The number of Topliss-reactive ketones (excluding diaryl/α,β-unsaturated/α-hetero) is 2. The highest BCUT2D eigenvalue weighted by atomic mass is 35.5. The summed E-state index contributed by atoms with van der Waals surface area (Å²) in [7, 11) is 0. The van der Waals surface area contributed by atoms with Gasteiger partial charge in [-0.05, 0) is 44.7 Å². The number of carbonyl (C=O) groups excluding carboxylic acids is 4. The van der Waals surface area contributed by atoms with E-state index < -0.39 is 23.7 Å². The first-order valence-electron chi connectivity index (χ1n) is 9.71. The Bertz CT molecular complexity index is 667. The lowest BCUT2D eigenvalue weighted by Crippen LogP contribution is -2.48. The summed E-state index contributed by atoms with van der Waals surface area (Å²) in [4.78, 5) is 48.3. The highest BCUT2D eigenvalue weighted by molar-refractivity contribution is 6.38. The van der Waals surface area contributed by atoms with Crippen LogP contribution in [0.5, 0.6) is 0 Å². The Morgan fingerprint density at radius 2 is 1.69 bits per heavy atom. The van der Waals surface area contributed by atoms with Gasteiger partial charge in [-0.2, -0.15) is 0 Å². The third kappa shape index (κ3) is 10.8. The van der Waals surface area contributed by atoms with Crippen LogP contribution in [0.15, 0.2) is 30.3 Å². The Morgan fingerprint density at radius 1 is 1.03 bits per heavy atom. The smallest absolute Gasteiger partial charge is 0.289 e. The molecule has 7 nitrogen and oxygen atoms in total. The summed E-state index contributed by atoms with van der Waals surface area (Å²) in [6, 6.07) is 8.37. The molecule has 0 aliphatic heterocycles. The van der Waals surface area contributed by atoms with E-state index in [4.69, 9.17) is 5.73 Å². The fraction of sp³-hybridized carbons (Fsp3) is 0.524. The second-order valence-corrected chi connectivity index (χ2v) is 7.02. The Labute approximate surface area is 178 Å². The molecule has 1 aromatic rings. The lowest BCUT2D eigenvalue weighted by atomic mass is 10.00. The van der Waals surface area contributed by atoms with Gasteiger partial charge in [-0.25, -0.2) is 0 Å². The van der Waals surface area contributed by atoms with Crippen molar-refractivity contribution in [2.24, 2.45) is 11.7 Å². The van der Waals surface area contributed by atoms with Gasteiger partial charge in [-0.15, -0.1) is 12.4 Å². The molecular formula is C21H32ClN3O4. The number of halogens is 1. The number of nitrogens with two attached hydrogens (primary N) is 1. The zero-order valence-corrected chi connectivity index (χ0v) is 17.9. The van der Waals surface area contributed by atoms with Crippen molar-refractivity contribution in [3.05, 3.63) is 35.9 Å². The Kier molecular flexibility index (Phi) is 13.6. The molecule has 1 aromatic carbocycles. The van der Waals surface area contributed by atoms with E-state index >= 15 is 0 Å². The van der Waals surface area contributed by atoms with Crippen molar-refractivity contribution in [3.63, 3.8) is 0 Å². The quantitative estimate of drug-likeness (QED) is 0.329. The number of unbranched alkanes of at least 4 members (excludes halogenated alkanes) is 1. The van der Waals surface area contributed by atoms with Crippen LogP contribution >= 0.6 is 12.4 Å². The van der Waals surface area contributed by atoms with Crippen molar-refractivity contribution in [2.75, 3.05) is 6.54 Å². The maximum absolute atomic E-state index is 12.6. The SMILES string of the molecule is CC(=O)CC[C@H](C)C(=O)N[C@@H](CCCCN)C(=O)C(=O)NCc1ccccc1.Cl. The molecule has 0 spiro atoms. The Morgan fingerprint density at radius 3 is 2.28 bits per heavy atom. The lowest BCUT2D eigenvalue weighted by Gasteiger charge is -2.20. The van der Waals surface area contributed by atoms with Gasteiger partial charge in [0, 0.05) is 18.9 Å². The second kappa shape index (κ2) is 14.7. The molecule has 0 saturated heterocycles. The first-order chi connectivity index (χ1) is 13.3. The van der Waals surface area contributed by atoms with Crippen LogP contribution in [0.4, 0.5) is 0 Å². The van der Waals surface area contributed by atoms with Crippen LogP contribution < -0.4 is 16.4 Å². The van der Waals surface area contributed by atoms with Gasteiger partial charge in [-0.1, -0.05) is 37.3 Å². The van der Waals surface area contributed by atoms with Crippen molar-refractivity contribution in [3.8, 4) is 0 Å². The highest BCUT2D eigenvalue weighted by Crippen LogP contribution is 2.09. The third-order valence-electron chi connectivity index (χ3n) is 4.48. The van der Waals surface area contributed by atoms with Gasteiger partial charge >= 0.3 is 0 Å². The number of nitrogens with one attached hydrogen (secondary N) is 2. The van der Waals surface area contributed by atoms with Gasteiger partial charge in [0.1, 0.15) is 5.78 Å². The third-order valence-corrected chi connectivity index (χ3v) is 4.48. The molecule has 0 radical (unpaired) electrons. The molecule has 4 N–H and O–H groups in total. The standard InChI is InChI=1S/C21H31N3O4.ClH/c1-15(11-12-16(2)25)20(27)24-18(10-6-7-13-22)19(26)21(28)23-14-17-8-4-3-5-9-17;/h3-5,8-9,15,18H,6-7,10-14,22H2,1-2H3,(H,23,28)(H,24,27);1H/t15-,18-;/m0./s1. The van der Waals surface area contributed by atoms with Crippen molar-refractivity contribution < 1.29 is 19.2 Å². The first-order valence-corrected chi connectivity index (χ1v) is 9.71. The summed E-state index contributed by atoms with van der Waals surface area (Å²) < 4.78 is 0. The molecule has 0 heterocycles. The molecule has 0 fully saturated rings. The molecule has 8 heteroatoms. The minimum atomic E-state index is -0.894. The van der Waals surface area contributed by atoms with Gasteiger partial charge in [0.2, 0.25) is 11.7 Å². The topological polar surface area (TPSA) is 118 Å². The second-order valence-electron chi connectivity index (χ2n) is 7.02. The molecule has 0 saturated carbocycles. The number of benzene rings is 1. The lowest BCUT2D eigenvalue weighted by molar-refractivity contribution is -0.140. The number of hydrogen-bond acceptors (Lipinski definition) is 5. The predicted octanol–water partition coefficient (Wildman–Crippen LogP) is 1.91. The summed E-state index contributed by atoms with van der Waals surface area (Å²) in [5, 5.41) is 5.28. The van der Waals surface area contributed by atoms with Crippen LogP contribution in [0.1, 0.15) is 51.5 Å². The molecule has 2 amide bonds. The molecule has 162 valence electrons. The fourth-order valence-electron chi connectivity index (χ4n) is 2.65. The average molecular weight is 426 g/mol. The fourth-order valence-corrected chi connectivity index (χ4v) is 2.65. The van der Waals surface area contributed by atoms with Crippen LogP contribution in [-0.4, -0.2) is 36.0 Å². The largest absolute Gasteiger partial charge is 0.345 e.